The molecule has 0 aromatic heterocycles. The van der Waals surface area contributed by atoms with E-state index in [1.165, 1.54) is 0 Å². The van der Waals surface area contributed by atoms with E-state index < -0.39 is 0 Å². The zero-order valence-electron chi connectivity index (χ0n) is 8.73. The van der Waals surface area contributed by atoms with Crippen LogP contribution in [0.15, 0.2) is 0 Å². The number of ether oxygens (including phenoxy) is 2. The van der Waals surface area contributed by atoms with Crippen molar-refractivity contribution in [1.82, 2.24) is 4.90 Å². The van der Waals surface area contributed by atoms with E-state index in [-0.39, 0.29) is 18.1 Å². The van der Waals surface area contributed by atoms with Crippen molar-refractivity contribution in [3.8, 4) is 0 Å². The van der Waals surface area contributed by atoms with Crippen LogP contribution in [0.1, 0.15) is 6.42 Å². The van der Waals surface area contributed by atoms with Crippen LogP contribution < -0.4 is 5.73 Å². The molecule has 1 amide bonds. The third-order valence-electron chi connectivity index (χ3n) is 2.57. The van der Waals surface area contributed by atoms with Crippen LogP contribution in [0.3, 0.4) is 0 Å². The SMILES string of the molecule is COC1CN(CCC(N)=O)CC1OC. The largest absolute Gasteiger partial charge is 0.377 e. The van der Waals surface area contributed by atoms with E-state index in [2.05, 4.69) is 4.90 Å². The molecule has 5 nitrogen and oxygen atoms in total. The molecule has 0 spiro atoms. The molecule has 0 saturated carbocycles. The van der Waals surface area contributed by atoms with Gasteiger partial charge in [0.05, 0.1) is 12.2 Å². The number of hydrogen-bond acceptors (Lipinski definition) is 4. The summed E-state index contributed by atoms with van der Waals surface area (Å²) in [6, 6.07) is 0. The molecule has 82 valence electrons. The van der Waals surface area contributed by atoms with Gasteiger partial charge in [0, 0.05) is 40.3 Å². The van der Waals surface area contributed by atoms with Crippen LogP contribution in [-0.4, -0.2) is 56.9 Å². The Balaban J connectivity index is 2.33. The number of carbonyl (C=O) groups is 1. The molecule has 0 bridgehead atoms. The maximum Gasteiger partial charge on any atom is 0.218 e. The van der Waals surface area contributed by atoms with Gasteiger partial charge in [0.25, 0.3) is 0 Å². The summed E-state index contributed by atoms with van der Waals surface area (Å²) in [5.41, 5.74) is 5.08. The maximum absolute atomic E-state index is 10.6. The Morgan fingerprint density at radius 1 is 1.36 bits per heavy atom. The molecular formula is C9H18N2O3. The first-order valence-corrected chi connectivity index (χ1v) is 4.73. The Hall–Kier alpha value is -0.650. The number of carbonyl (C=O) groups excluding carboxylic acids is 1. The van der Waals surface area contributed by atoms with Crippen molar-refractivity contribution in [2.75, 3.05) is 33.9 Å². The number of nitrogens with zero attached hydrogens (tertiary/aromatic N) is 1. The molecule has 1 aliphatic heterocycles. The van der Waals surface area contributed by atoms with Crippen molar-refractivity contribution in [3.63, 3.8) is 0 Å². The van der Waals surface area contributed by atoms with Crippen molar-refractivity contribution in [2.45, 2.75) is 18.6 Å². The average molecular weight is 202 g/mol. The highest BCUT2D eigenvalue weighted by Gasteiger charge is 2.32. The second kappa shape index (κ2) is 5.29. The normalized spacial score (nSPS) is 28.1. The van der Waals surface area contributed by atoms with Crippen molar-refractivity contribution < 1.29 is 14.3 Å². The molecular weight excluding hydrogens is 184 g/mol. The van der Waals surface area contributed by atoms with Crippen LogP contribution in [0, 0.1) is 0 Å². The van der Waals surface area contributed by atoms with Gasteiger partial charge in [-0.25, -0.2) is 0 Å². The van der Waals surface area contributed by atoms with Gasteiger partial charge in [0.1, 0.15) is 0 Å². The first kappa shape index (κ1) is 11.4. The minimum absolute atomic E-state index is 0.105. The summed E-state index contributed by atoms with van der Waals surface area (Å²) in [7, 11) is 3.35. The van der Waals surface area contributed by atoms with Crippen LogP contribution in [0.25, 0.3) is 0 Å². The Bertz CT molecular complexity index is 186. The number of amides is 1. The van der Waals surface area contributed by atoms with Crippen molar-refractivity contribution in [3.05, 3.63) is 0 Å². The highest BCUT2D eigenvalue weighted by molar-refractivity contribution is 5.73. The average Bonchev–Trinajstić information content (AvgIpc) is 2.57. The molecule has 1 rings (SSSR count). The van der Waals surface area contributed by atoms with Gasteiger partial charge in [-0.2, -0.15) is 0 Å². The first-order chi connectivity index (χ1) is 6.67. The van der Waals surface area contributed by atoms with Gasteiger partial charge in [-0.05, 0) is 0 Å². The molecule has 1 heterocycles. The Labute approximate surface area is 84.1 Å². The predicted octanol–water partition coefficient (Wildman–Crippen LogP) is -0.793. The summed E-state index contributed by atoms with van der Waals surface area (Å²) in [4.78, 5) is 12.7. The first-order valence-electron chi connectivity index (χ1n) is 4.73. The molecule has 0 radical (unpaired) electrons. The number of primary amides is 1. The summed E-state index contributed by atoms with van der Waals surface area (Å²) >= 11 is 0. The van der Waals surface area contributed by atoms with E-state index in [0.717, 1.165) is 13.1 Å². The monoisotopic (exact) mass is 202 g/mol. The molecule has 1 saturated heterocycles. The predicted molar refractivity (Wildman–Crippen MR) is 51.8 cm³/mol. The topological polar surface area (TPSA) is 64.8 Å². The summed E-state index contributed by atoms with van der Waals surface area (Å²) in [6.07, 6.45) is 0.605. The number of likely N-dealkylation sites (tertiary alicyclic amines) is 1. The third-order valence-corrected chi connectivity index (χ3v) is 2.57. The van der Waals surface area contributed by atoms with Crippen molar-refractivity contribution >= 4 is 5.91 Å². The number of nitrogens with two attached hydrogens (primary N) is 1. The highest BCUT2D eigenvalue weighted by Crippen LogP contribution is 2.15. The second-order valence-electron chi connectivity index (χ2n) is 3.52. The third kappa shape index (κ3) is 2.94. The van der Waals surface area contributed by atoms with Gasteiger partial charge in [0.15, 0.2) is 0 Å². The van der Waals surface area contributed by atoms with E-state index in [4.69, 9.17) is 15.2 Å². The standard InChI is InChI=1S/C9H18N2O3/c1-13-7-5-11(4-3-9(10)12)6-8(7)14-2/h7-8H,3-6H2,1-2H3,(H2,10,12). The summed E-state index contributed by atoms with van der Waals surface area (Å²) in [6.45, 7) is 2.31. The number of hydrogen-bond donors (Lipinski definition) is 1. The molecule has 5 heteroatoms. The fourth-order valence-corrected chi connectivity index (χ4v) is 1.72. The molecule has 1 fully saturated rings. The molecule has 0 aromatic carbocycles. The summed E-state index contributed by atoms with van der Waals surface area (Å²) in [5.74, 6) is -0.264. The maximum atomic E-state index is 10.6. The van der Waals surface area contributed by atoms with Gasteiger partial charge in [0.2, 0.25) is 5.91 Å². The van der Waals surface area contributed by atoms with Crippen LogP contribution in [0.2, 0.25) is 0 Å². The van der Waals surface area contributed by atoms with Crippen LogP contribution >= 0.6 is 0 Å². The van der Waals surface area contributed by atoms with E-state index in [0.29, 0.717) is 13.0 Å². The second-order valence-corrected chi connectivity index (χ2v) is 3.52. The van der Waals surface area contributed by atoms with E-state index in [1.807, 2.05) is 0 Å². The quantitative estimate of drug-likeness (QED) is 0.634. The Morgan fingerprint density at radius 2 is 1.86 bits per heavy atom. The van der Waals surface area contributed by atoms with Gasteiger partial charge >= 0.3 is 0 Å². The molecule has 0 aliphatic carbocycles. The van der Waals surface area contributed by atoms with Crippen molar-refractivity contribution in [2.24, 2.45) is 5.73 Å². The van der Waals surface area contributed by atoms with Crippen molar-refractivity contribution in [1.29, 1.82) is 0 Å². The number of rotatable bonds is 5. The van der Waals surface area contributed by atoms with Gasteiger partial charge < -0.3 is 15.2 Å². The fraction of sp³-hybridized carbons (Fsp3) is 0.889. The van der Waals surface area contributed by atoms with Gasteiger partial charge in [-0.15, -0.1) is 0 Å². The van der Waals surface area contributed by atoms with Crippen LogP contribution in [-0.2, 0) is 14.3 Å². The highest BCUT2D eigenvalue weighted by atomic mass is 16.5. The van der Waals surface area contributed by atoms with Crippen LogP contribution in [0.5, 0.6) is 0 Å². The van der Waals surface area contributed by atoms with E-state index >= 15 is 0 Å². The lowest BCUT2D eigenvalue weighted by atomic mass is 10.3. The number of methoxy groups -OCH3 is 2. The lowest BCUT2D eigenvalue weighted by Crippen LogP contribution is -2.27. The molecule has 2 N–H and O–H groups in total. The summed E-state index contributed by atoms with van der Waals surface area (Å²) in [5, 5.41) is 0. The zero-order chi connectivity index (χ0) is 10.6. The molecule has 2 atom stereocenters. The van der Waals surface area contributed by atoms with Gasteiger partial charge in [-0.1, -0.05) is 0 Å². The van der Waals surface area contributed by atoms with E-state index in [1.54, 1.807) is 14.2 Å². The lowest BCUT2D eigenvalue weighted by molar-refractivity contribution is -0.118. The van der Waals surface area contributed by atoms with Gasteiger partial charge in [-0.3, -0.25) is 9.69 Å². The lowest BCUT2D eigenvalue weighted by Gasteiger charge is -2.13. The zero-order valence-corrected chi connectivity index (χ0v) is 8.73. The Morgan fingerprint density at radius 3 is 2.21 bits per heavy atom. The molecule has 1 aliphatic rings. The smallest absolute Gasteiger partial charge is 0.218 e. The molecule has 2 unspecified atom stereocenters. The molecule has 14 heavy (non-hydrogen) atoms. The van der Waals surface area contributed by atoms with E-state index in [9.17, 15) is 4.79 Å². The minimum Gasteiger partial charge on any atom is -0.377 e. The Kier molecular flexibility index (Phi) is 4.31. The van der Waals surface area contributed by atoms with Crippen LogP contribution in [0.4, 0.5) is 0 Å². The molecule has 0 aromatic rings. The summed E-state index contributed by atoms with van der Waals surface area (Å²) < 4.78 is 10.5. The minimum atomic E-state index is -0.264. The fourth-order valence-electron chi connectivity index (χ4n) is 1.72.